The average molecular weight is 415 g/mol. The van der Waals surface area contributed by atoms with E-state index in [1.807, 2.05) is 35.7 Å². The summed E-state index contributed by atoms with van der Waals surface area (Å²) in [5.74, 6) is -0.554. The molecule has 148 valence electrons. The first-order chi connectivity index (χ1) is 14.6. The zero-order valence-electron chi connectivity index (χ0n) is 15.9. The standard InChI is InChI=1S/C23H17N3O3S/c27-21-16-9-4-5-10-17(16)22(28)26(21)12-6-11-25-14-24-20-19(23(25)29)18(13-30-20)15-7-2-1-3-8-15/h1-5,7-10,13-14H,6,11-12H2. The Labute approximate surface area is 176 Å². The summed E-state index contributed by atoms with van der Waals surface area (Å²) in [5.41, 5.74) is 2.62. The molecule has 4 aromatic rings. The maximum atomic E-state index is 13.1. The predicted octanol–water partition coefficient (Wildman–Crippen LogP) is 3.81. The van der Waals surface area contributed by atoms with Crippen molar-refractivity contribution in [2.45, 2.75) is 13.0 Å². The van der Waals surface area contributed by atoms with Crippen LogP contribution in [0.5, 0.6) is 0 Å². The van der Waals surface area contributed by atoms with Crippen molar-refractivity contribution in [1.29, 1.82) is 0 Å². The van der Waals surface area contributed by atoms with Crippen molar-refractivity contribution in [2.75, 3.05) is 6.54 Å². The highest BCUT2D eigenvalue weighted by Crippen LogP contribution is 2.30. The predicted molar refractivity (Wildman–Crippen MR) is 116 cm³/mol. The number of amides is 2. The number of thiophene rings is 1. The number of hydrogen-bond acceptors (Lipinski definition) is 5. The lowest BCUT2D eigenvalue weighted by molar-refractivity contribution is 0.0650. The summed E-state index contributed by atoms with van der Waals surface area (Å²) in [5, 5.41) is 2.56. The van der Waals surface area contributed by atoms with Crippen molar-refractivity contribution in [1.82, 2.24) is 14.5 Å². The molecule has 5 rings (SSSR count). The Balaban J connectivity index is 1.37. The second-order valence-corrected chi connectivity index (χ2v) is 7.96. The van der Waals surface area contributed by atoms with Crippen molar-refractivity contribution in [3.05, 3.63) is 87.8 Å². The molecule has 6 nitrogen and oxygen atoms in total. The molecule has 0 aliphatic carbocycles. The van der Waals surface area contributed by atoms with Gasteiger partial charge in [-0.3, -0.25) is 23.9 Å². The Bertz CT molecular complexity index is 1310. The van der Waals surface area contributed by atoms with Crippen LogP contribution in [0.3, 0.4) is 0 Å². The Hall–Kier alpha value is -3.58. The molecule has 0 radical (unpaired) electrons. The summed E-state index contributed by atoms with van der Waals surface area (Å²) >= 11 is 1.45. The molecule has 0 saturated carbocycles. The summed E-state index contributed by atoms with van der Waals surface area (Å²) in [7, 11) is 0. The van der Waals surface area contributed by atoms with Gasteiger partial charge in [0.1, 0.15) is 4.83 Å². The normalized spacial score (nSPS) is 13.3. The first-order valence-electron chi connectivity index (χ1n) is 9.62. The van der Waals surface area contributed by atoms with Crippen molar-refractivity contribution in [3.8, 4) is 11.1 Å². The van der Waals surface area contributed by atoms with Crippen LogP contribution in [0.4, 0.5) is 0 Å². The zero-order chi connectivity index (χ0) is 20.7. The topological polar surface area (TPSA) is 72.3 Å². The van der Waals surface area contributed by atoms with Crippen molar-refractivity contribution >= 4 is 33.4 Å². The largest absolute Gasteiger partial charge is 0.299 e. The Kier molecular flexibility index (Phi) is 4.52. The molecule has 7 heteroatoms. The number of hydrogen-bond donors (Lipinski definition) is 0. The lowest BCUT2D eigenvalue weighted by Crippen LogP contribution is -2.32. The quantitative estimate of drug-likeness (QED) is 0.465. The van der Waals surface area contributed by atoms with E-state index in [-0.39, 0.29) is 23.9 Å². The minimum atomic E-state index is -0.277. The van der Waals surface area contributed by atoms with E-state index in [0.717, 1.165) is 11.1 Å². The van der Waals surface area contributed by atoms with Gasteiger partial charge in [-0.1, -0.05) is 42.5 Å². The number of benzene rings is 2. The molecule has 1 aliphatic rings. The van der Waals surface area contributed by atoms with E-state index in [2.05, 4.69) is 4.98 Å². The molecule has 0 atom stereocenters. The highest BCUT2D eigenvalue weighted by Gasteiger charge is 2.34. The first kappa shape index (κ1) is 18.4. The Morgan fingerprint density at radius 2 is 1.47 bits per heavy atom. The third-order valence-electron chi connectivity index (χ3n) is 5.30. The molecule has 2 aromatic heterocycles. The lowest BCUT2D eigenvalue weighted by atomic mass is 10.1. The van der Waals surface area contributed by atoms with Crippen LogP contribution in [0, 0.1) is 0 Å². The fourth-order valence-corrected chi connectivity index (χ4v) is 4.70. The van der Waals surface area contributed by atoms with Crippen molar-refractivity contribution in [3.63, 3.8) is 0 Å². The third kappa shape index (κ3) is 2.95. The van der Waals surface area contributed by atoms with Gasteiger partial charge in [0.15, 0.2) is 0 Å². The molecule has 0 unspecified atom stereocenters. The summed E-state index contributed by atoms with van der Waals surface area (Å²) in [6.45, 7) is 0.630. The van der Waals surface area contributed by atoms with E-state index in [1.165, 1.54) is 22.6 Å². The van der Waals surface area contributed by atoms with Gasteiger partial charge < -0.3 is 0 Å². The van der Waals surface area contributed by atoms with Crippen LogP contribution >= 0.6 is 11.3 Å². The van der Waals surface area contributed by atoms with Crippen LogP contribution in [0.2, 0.25) is 0 Å². The number of carbonyl (C=O) groups excluding carboxylic acids is 2. The van der Waals surface area contributed by atoms with E-state index in [0.29, 0.717) is 34.3 Å². The molecule has 3 heterocycles. The second kappa shape index (κ2) is 7.35. The fourth-order valence-electron chi connectivity index (χ4n) is 3.80. The van der Waals surface area contributed by atoms with Crippen LogP contribution in [0.15, 0.2) is 71.1 Å². The van der Waals surface area contributed by atoms with E-state index < -0.39 is 0 Å². The fraction of sp³-hybridized carbons (Fsp3) is 0.130. The molecule has 1 aliphatic heterocycles. The SMILES string of the molecule is O=C1c2ccccc2C(=O)N1CCCn1cnc2scc(-c3ccccc3)c2c1=O. The highest BCUT2D eigenvalue weighted by atomic mass is 32.1. The molecule has 0 N–H and O–H groups in total. The third-order valence-corrected chi connectivity index (χ3v) is 6.19. The number of aryl methyl sites for hydroxylation is 1. The van der Waals surface area contributed by atoms with Crippen LogP contribution in [-0.4, -0.2) is 32.8 Å². The molecule has 0 spiro atoms. The maximum absolute atomic E-state index is 13.1. The average Bonchev–Trinajstić information content (AvgIpc) is 3.32. The van der Waals surface area contributed by atoms with Crippen LogP contribution in [0.25, 0.3) is 21.3 Å². The number of rotatable bonds is 5. The molecule has 30 heavy (non-hydrogen) atoms. The molecule has 0 fully saturated rings. The molecule has 0 saturated heterocycles. The van der Waals surface area contributed by atoms with Gasteiger partial charge in [-0.15, -0.1) is 11.3 Å². The number of nitrogens with zero attached hydrogens (tertiary/aromatic N) is 3. The van der Waals surface area contributed by atoms with Gasteiger partial charge in [-0.2, -0.15) is 0 Å². The van der Waals surface area contributed by atoms with E-state index in [1.54, 1.807) is 28.8 Å². The van der Waals surface area contributed by atoms with Crippen LogP contribution in [0.1, 0.15) is 27.1 Å². The Morgan fingerprint density at radius 3 is 2.17 bits per heavy atom. The molecule has 0 bridgehead atoms. The Morgan fingerprint density at radius 1 is 0.800 bits per heavy atom. The lowest BCUT2D eigenvalue weighted by Gasteiger charge is -2.14. The number of carbonyl (C=O) groups is 2. The van der Waals surface area contributed by atoms with Gasteiger partial charge in [0.05, 0.1) is 22.8 Å². The number of aromatic nitrogens is 2. The highest BCUT2D eigenvalue weighted by molar-refractivity contribution is 7.17. The monoisotopic (exact) mass is 415 g/mol. The second-order valence-electron chi connectivity index (χ2n) is 7.10. The van der Waals surface area contributed by atoms with Gasteiger partial charge >= 0.3 is 0 Å². The number of imide groups is 1. The smallest absolute Gasteiger partial charge is 0.262 e. The van der Waals surface area contributed by atoms with Gasteiger partial charge in [-0.05, 0) is 24.1 Å². The molecule has 2 amide bonds. The molecular weight excluding hydrogens is 398 g/mol. The maximum Gasteiger partial charge on any atom is 0.262 e. The van der Waals surface area contributed by atoms with E-state index >= 15 is 0 Å². The molecule has 2 aromatic carbocycles. The van der Waals surface area contributed by atoms with Crippen molar-refractivity contribution < 1.29 is 9.59 Å². The van der Waals surface area contributed by atoms with Crippen molar-refractivity contribution in [2.24, 2.45) is 0 Å². The van der Waals surface area contributed by atoms with Crippen LogP contribution < -0.4 is 5.56 Å². The van der Waals surface area contributed by atoms with Gasteiger partial charge in [0.2, 0.25) is 0 Å². The minimum Gasteiger partial charge on any atom is -0.299 e. The van der Waals surface area contributed by atoms with Crippen LogP contribution in [-0.2, 0) is 6.54 Å². The summed E-state index contributed by atoms with van der Waals surface area (Å²) in [4.78, 5) is 44.5. The van der Waals surface area contributed by atoms with E-state index in [9.17, 15) is 14.4 Å². The molecular formula is C23H17N3O3S. The van der Waals surface area contributed by atoms with E-state index in [4.69, 9.17) is 0 Å². The summed E-state index contributed by atoms with van der Waals surface area (Å²) < 4.78 is 1.56. The minimum absolute atomic E-state index is 0.109. The summed E-state index contributed by atoms with van der Waals surface area (Å²) in [6, 6.07) is 16.6. The zero-order valence-corrected chi connectivity index (χ0v) is 16.8. The van der Waals surface area contributed by atoms with Gasteiger partial charge in [-0.25, -0.2) is 4.98 Å². The number of fused-ring (bicyclic) bond motifs is 2. The van der Waals surface area contributed by atoms with Gasteiger partial charge in [0, 0.05) is 24.0 Å². The summed E-state index contributed by atoms with van der Waals surface area (Å²) in [6.07, 6.45) is 2.02. The van der Waals surface area contributed by atoms with Gasteiger partial charge in [0.25, 0.3) is 17.4 Å². The first-order valence-corrected chi connectivity index (χ1v) is 10.5.